The Bertz CT molecular complexity index is 3150. The first-order valence-electron chi connectivity index (χ1n) is 24.6. The molecule has 4 aliphatic heterocycles. The summed E-state index contributed by atoms with van der Waals surface area (Å²) in [5, 5.41) is 31.3. The Labute approximate surface area is 453 Å². The van der Waals surface area contributed by atoms with Crippen molar-refractivity contribution in [2.45, 2.75) is 119 Å². The average Bonchev–Trinajstić information content (AvgIpc) is 4.04. The van der Waals surface area contributed by atoms with Crippen LogP contribution in [0.15, 0.2) is 94.5 Å². The quantitative estimate of drug-likeness (QED) is 0.0223. The molecule has 0 aromatic heterocycles. The molecule has 0 aliphatic carbocycles. The second kappa shape index (κ2) is 24.1. The van der Waals surface area contributed by atoms with Gasteiger partial charge in [0.2, 0.25) is 11.8 Å². The van der Waals surface area contributed by atoms with E-state index in [0.29, 0.717) is 31.2 Å². The number of rotatable bonds is 15. The first-order valence-corrected chi connectivity index (χ1v) is 26.4. The Balaban J connectivity index is 1.02. The molecule has 0 saturated carbocycles. The fourth-order valence-corrected chi connectivity index (χ4v) is 10.2. The summed E-state index contributed by atoms with van der Waals surface area (Å²) in [7, 11) is -2.14. The van der Waals surface area contributed by atoms with Gasteiger partial charge >= 0.3 is 12.1 Å². The van der Waals surface area contributed by atoms with Crippen LogP contribution in [0.2, 0.25) is 5.02 Å². The molecular formula is C53H58ClFN6O16S. The highest BCUT2D eigenvalue weighted by atomic mass is 35.5. The first-order chi connectivity index (χ1) is 36.8. The second-order valence-corrected chi connectivity index (χ2v) is 21.2. The van der Waals surface area contributed by atoms with Crippen molar-refractivity contribution < 1.29 is 80.1 Å². The van der Waals surface area contributed by atoms with Crippen LogP contribution < -0.4 is 25.7 Å². The number of benzene rings is 3. The van der Waals surface area contributed by atoms with Crippen LogP contribution in [0.25, 0.3) is 0 Å². The van der Waals surface area contributed by atoms with Crippen molar-refractivity contribution in [1.82, 2.24) is 15.6 Å². The number of anilines is 2. The zero-order valence-electron chi connectivity index (χ0n) is 43.0. The van der Waals surface area contributed by atoms with E-state index in [1.165, 1.54) is 68.5 Å². The Morgan fingerprint density at radius 3 is 2.46 bits per heavy atom. The molecule has 6 amide bonds. The molecule has 6 atom stereocenters. The van der Waals surface area contributed by atoms with Gasteiger partial charge in [0.15, 0.2) is 5.72 Å². The minimum atomic E-state index is -5.03. The molecule has 0 spiro atoms. The maximum Gasteiger partial charge on any atom is 0.409 e. The van der Waals surface area contributed by atoms with E-state index in [9.17, 15) is 56.7 Å². The zero-order chi connectivity index (χ0) is 56.9. The number of hydrogen-bond donors (Lipinski definition) is 6. The highest BCUT2D eigenvalue weighted by Crippen LogP contribution is 2.47. The Morgan fingerprint density at radius 2 is 1.77 bits per heavy atom. The van der Waals surface area contributed by atoms with Gasteiger partial charge in [0, 0.05) is 56.3 Å². The van der Waals surface area contributed by atoms with E-state index < -0.39 is 117 Å². The van der Waals surface area contributed by atoms with E-state index >= 15 is 4.39 Å². The number of epoxide rings is 1. The summed E-state index contributed by atoms with van der Waals surface area (Å²) >= 11 is 6.74. The monoisotopic (exact) mass is 1120 g/mol. The average molecular weight is 1120 g/mol. The van der Waals surface area contributed by atoms with E-state index in [1.54, 1.807) is 25.1 Å². The Morgan fingerprint density at radius 1 is 1.04 bits per heavy atom. The smallest absolute Gasteiger partial charge is 0.409 e. The third-order valence-electron chi connectivity index (χ3n) is 13.6. The van der Waals surface area contributed by atoms with Crippen molar-refractivity contribution >= 4 is 80.4 Å². The number of aliphatic hydroxyl groups excluding tert-OH is 1. The molecule has 416 valence electrons. The fraction of sp³-hybridized carbons (Fsp3) is 0.396. The summed E-state index contributed by atoms with van der Waals surface area (Å²) in [5.74, 6) is -4.56. The summed E-state index contributed by atoms with van der Waals surface area (Å²) in [4.78, 5) is 91.5. The lowest BCUT2D eigenvalue weighted by Crippen LogP contribution is -2.62. The van der Waals surface area contributed by atoms with Crippen molar-refractivity contribution in [2.75, 3.05) is 30.9 Å². The van der Waals surface area contributed by atoms with Crippen LogP contribution in [0.4, 0.5) is 20.6 Å². The van der Waals surface area contributed by atoms with Crippen LogP contribution in [0.5, 0.6) is 5.75 Å². The third kappa shape index (κ3) is 14.0. The number of alkyl carbamates (subject to hydrolysis) is 1. The van der Waals surface area contributed by atoms with E-state index in [1.807, 2.05) is 6.92 Å². The molecule has 4 heterocycles. The van der Waals surface area contributed by atoms with Crippen LogP contribution in [-0.4, -0.2) is 132 Å². The van der Waals surface area contributed by atoms with Gasteiger partial charge in [-0.25, -0.2) is 14.6 Å². The van der Waals surface area contributed by atoms with Crippen LogP contribution >= 0.6 is 11.6 Å². The van der Waals surface area contributed by atoms with Crippen molar-refractivity contribution in [1.29, 1.82) is 0 Å². The number of aliphatic hydroxyl groups is 2. The predicted octanol–water partition coefficient (Wildman–Crippen LogP) is 4.97. The number of fused-ring (bicyclic) bond motifs is 5. The number of carbonyl (C=O) groups excluding carboxylic acids is 7. The van der Waals surface area contributed by atoms with Crippen molar-refractivity contribution in [2.24, 2.45) is 5.10 Å². The molecule has 6 N–H and O–H groups in total. The van der Waals surface area contributed by atoms with Gasteiger partial charge in [0.05, 0.1) is 43.0 Å². The number of halogens is 2. The molecule has 25 heteroatoms. The molecular weight excluding hydrogens is 1060 g/mol. The molecule has 4 bridgehead atoms. The number of ether oxygens (including phenoxy) is 4. The summed E-state index contributed by atoms with van der Waals surface area (Å²) in [6.07, 6.45) is 1.47. The van der Waals surface area contributed by atoms with Gasteiger partial charge in [-0.2, -0.15) is 13.5 Å². The summed E-state index contributed by atoms with van der Waals surface area (Å²) < 4.78 is 73.6. The number of carbonyl (C=O) groups is 7. The number of amides is 6. The molecule has 0 unspecified atom stereocenters. The number of unbranched alkanes of at least 4 members (excludes halogenated alkanes) is 2. The number of allylic oxidation sites excluding steroid dienone is 3. The summed E-state index contributed by atoms with van der Waals surface area (Å²) in [6, 6.07) is 10.2. The lowest BCUT2D eigenvalue weighted by molar-refractivity contribution is -0.153. The van der Waals surface area contributed by atoms with E-state index in [2.05, 4.69) is 21.2 Å². The van der Waals surface area contributed by atoms with Gasteiger partial charge in [-0.3, -0.25) is 43.5 Å². The highest BCUT2D eigenvalue weighted by molar-refractivity contribution is 7.86. The van der Waals surface area contributed by atoms with E-state index in [-0.39, 0.29) is 64.8 Å². The standard InChI is InChI=1S/C53H58ClFN6O16S/c1-29-10-9-11-41(62)53(70)28-35(75-51(69)57-53)26-43-52(3,77-43)42(27-47(66)60(4)38-21-31(20-29)22-39(74-5)49(38)54)76-48(67)24-33-14-13-32(23-37(33)55)30(2)58-59-50(68)36-16-15-34(25-40(36)78(71,72)73)56-44(63)12-7-6-8-19-61-45(64)17-18-46(61)65/h9-11,13-18,21-23,25,35,41-43,62,70H,6-8,12,19-20,24,26-28H2,1-5H3,(H,56,63)(H,57,69)(H,59,68)(H,71,72,73)/b11-9+,29-10+,58-30+/t35-,41-,42+,43+,52+,53+/m1/s1. The normalized spacial score (nSPS) is 24.8. The number of methoxy groups -OCH3 is 1. The van der Waals surface area contributed by atoms with Crippen molar-refractivity contribution in [3.05, 3.63) is 118 Å². The fourth-order valence-electron chi connectivity index (χ4n) is 9.13. The second-order valence-electron chi connectivity index (χ2n) is 19.4. The first kappa shape index (κ1) is 58.3. The molecule has 78 heavy (non-hydrogen) atoms. The van der Waals surface area contributed by atoms with E-state index in [0.717, 1.165) is 28.7 Å². The molecule has 0 radical (unpaired) electrons. The summed E-state index contributed by atoms with van der Waals surface area (Å²) in [5.41, 5.74) is -0.137. The molecule has 3 aromatic carbocycles. The van der Waals surface area contributed by atoms with Gasteiger partial charge in [-0.05, 0) is 87.6 Å². The zero-order valence-corrected chi connectivity index (χ0v) is 44.6. The van der Waals surface area contributed by atoms with Gasteiger partial charge < -0.3 is 39.4 Å². The molecule has 22 nitrogen and oxygen atoms in total. The highest BCUT2D eigenvalue weighted by Gasteiger charge is 2.61. The number of esters is 1. The topological polar surface area (TPSA) is 309 Å². The largest absolute Gasteiger partial charge is 0.495 e. The number of nitrogens with one attached hydrogen (secondary N) is 3. The Kier molecular flexibility index (Phi) is 18.0. The minimum absolute atomic E-state index is 0.00223. The molecule has 3 aromatic rings. The molecule has 4 aliphatic rings. The van der Waals surface area contributed by atoms with Crippen molar-refractivity contribution in [3.63, 3.8) is 0 Å². The molecule has 2 fully saturated rings. The SMILES string of the molecule is COc1cc2cc(c1Cl)N(C)C(=O)C[C@H](OC(=O)Cc1ccc(/C(C)=N/NC(=O)c3ccc(NC(=O)CCCCCN4C(=O)C=CC4=O)cc3S(=O)(=O)O)cc1F)[C@]1(C)O[C@H]1C[C@@H]1C[C@@](O)(NC(=O)O1)[C@H](O)/C=C/C=C(\C)C2. The van der Waals surface area contributed by atoms with Crippen molar-refractivity contribution in [3.8, 4) is 5.75 Å². The number of hydrazone groups is 1. The lowest BCUT2D eigenvalue weighted by atomic mass is 9.90. The lowest BCUT2D eigenvalue weighted by Gasteiger charge is -2.39. The van der Waals surface area contributed by atoms with Crippen LogP contribution in [-0.2, 0) is 61.1 Å². The maximum atomic E-state index is 15.8. The van der Waals surface area contributed by atoms with Gasteiger partial charge in [-0.1, -0.05) is 54.0 Å². The van der Waals surface area contributed by atoms with Gasteiger partial charge in [0.25, 0.3) is 27.8 Å². The summed E-state index contributed by atoms with van der Waals surface area (Å²) in [6.45, 7) is 5.00. The minimum Gasteiger partial charge on any atom is -0.495 e. The molecule has 7 rings (SSSR count). The Hall–Kier alpha value is -7.35. The molecule has 2 saturated heterocycles. The van der Waals surface area contributed by atoms with Gasteiger partial charge in [-0.15, -0.1) is 0 Å². The predicted molar refractivity (Wildman–Crippen MR) is 278 cm³/mol. The third-order valence-corrected chi connectivity index (χ3v) is 14.9. The van der Waals surface area contributed by atoms with Crippen LogP contribution in [0.1, 0.15) is 92.8 Å². The van der Waals surface area contributed by atoms with E-state index in [4.69, 9.17) is 30.5 Å². The van der Waals surface area contributed by atoms with Crippen LogP contribution in [0, 0.1) is 5.82 Å². The number of imide groups is 1. The van der Waals surface area contributed by atoms with Crippen LogP contribution in [0.3, 0.4) is 0 Å². The maximum absolute atomic E-state index is 15.8. The number of nitrogens with zero attached hydrogens (tertiary/aromatic N) is 3. The number of hydrogen-bond acceptors (Lipinski definition) is 16. The van der Waals surface area contributed by atoms with Gasteiger partial charge in [0.1, 0.15) is 45.4 Å².